The van der Waals surface area contributed by atoms with E-state index in [-0.39, 0.29) is 31.2 Å². The smallest absolute Gasteiger partial charge is 0.308 e. The molecule has 3 nitrogen and oxygen atoms in total. The first-order chi connectivity index (χ1) is 15.5. The molecule has 0 aromatic heterocycles. The van der Waals surface area contributed by atoms with Crippen LogP contribution in [0.1, 0.15) is 66.9 Å². The third-order valence-electron chi connectivity index (χ3n) is 5.90. The molecule has 0 fully saturated rings. The van der Waals surface area contributed by atoms with Crippen LogP contribution in [0.3, 0.4) is 0 Å². The molecule has 4 unspecified atom stereocenters. The van der Waals surface area contributed by atoms with Gasteiger partial charge in [0.25, 0.3) is 0 Å². The summed E-state index contributed by atoms with van der Waals surface area (Å²) in [5.74, 6) is -0.126. The highest BCUT2D eigenvalue weighted by Crippen LogP contribution is 2.39. The summed E-state index contributed by atoms with van der Waals surface area (Å²) in [6.45, 7) is 14.2. The lowest BCUT2D eigenvalue weighted by Crippen LogP contribution is -2.38. The molecule has 1 heterocycles. The van der Waals surface area contributed by atoms with Gasteiger partial charge < -0.3 is 10.1 Å². The normalized spacial score (nSPS) is 19.1. The second-order valence-electron chi connectivity index (χ2n) is 7.53. The van der Waals surface area contributed by atoms with Gasteiger partial charge in [-0.3, -0.25) is 4.79 Å². The second kappa shape index (κ2) is 14.3. The van der Waals surface area contributed by atoms with Crippen LogP contribution in [0.4, 0.5) is 0 Å². The number of carbonyl (C=O) groups is 1. The van der Waals surface area contributed by atoms with E-state index >= 15 is 0 Å². The largest absolute Gasteiger partial charge is 0.469 e. The molecule has 0 spiro atoms. The zero-order valence-corrected chi connectivity index (χ0v) is 21.1. The number of allylic oxidation sites excluding steroid dienone is 2. The molecule has 1 aliphatic heterocycles. The minimum Gasteiger partial charge on any atom is -0.469 e. The first-order valence-electron chi connectivity index (χ1n) is 11.9. The fourth-order valence-corrected chi connectivity index (χ4v) is 4.09. The number of carbonyl (C=O) groups excluding carboxylic acids is 1. The van der Waals surface area contributed by atoms with Crippen molar-refractivity contribution in [3.05, 3.63) is 89.6 Å². The zero-order valence-electron chi connectivity index (χ0n) is 21.1. The van der Waals surface area contributed by atoms with Crippen molar-refractivity contribution in [2.24, 2.45) is 11.8 Å². The lowest BCUT2D eigenvalue weighted by Gasteiger charge is -2.30. The van der Waals surface area contributed by atoms with E-state index in [0.29, 0.717) is 0 Å². The number of esters is 1. The number of rotatable bonds is 5. The number of ether oxygens (including phenoxy) is 1. The fraction of sp³-hybridized carbons (Fsp3) is 0.414. The Bertz CT molecular complexity index is 862. The van der Waals surface area contributed by atoms with Crippen molar-refractivity contribution >= 4 is 11.5 Å². The Morgan fingerprint density at radius 3 is 2.00 bits per heavy atom. The summed E-state index contributed by atoms with van der Waals surface area (Å²) < 4.78 is 4.99. The lowest BCUT2D eigenvalue weighted by atomic mass is 9.78. The van der Waals surface area contributed by atoms with E-state index in [1.807, 2.05) is 53.0 Å². The summed E-state index contributed by atoms with van der Waals surface area (Å²) in [6, 6.07) is 21.1. The van der Waals surface area contributed by atoms with Crippen molar-refractivity contribution in [2.75, 3.05) is 7.11 Å². The molecule has 0 saturated carbocycles. The van der Waals surface area contributed by atoms with Crippen LogP contribution in [0.5, 0.6) is 0 Å². The van der Waals surface area contributed by atoms with Crippen LogP contribution < -0.4 is 5.32 Å². The van der Waals surface area contributed by atoms with Gasteiger partial charge >= 0.3 is 5.97 Å². The van der Waals surface area contributed by atoms with Crippen molar-refractivity contribution < 1.29 is 11.0 Å². The van der Waals surface area contributed by atoms with Gasteiger partial charge in [0.2, 0.25) is 0 Å². The Kier molecular flexibility index (Phi) is 12.2. The SMILES string of the molecule is CC.CC.COC(=O)C(C)C(C)C1NC=CC(c2ccccc2)C(c2ccccc2)=C1C.[HH]. The average molecular weight is 438 g/mol. The fourth-order valence-electron chi connectivity index (χ4n) is 4.09. The number of nitrogens with one attached hydrogen (secondary N) is 1. The minimum absolute atomic E-state index is 0. The molecule has 0 radical (unpaired) electrons. The average Bonchev–Trinajstić information content (AvgIpc) is 3.04. The van der Waals surface area contributed by atoms with E-state index in [1.165, 1.54) is 29.4 Å². The van der Waals surface area contributed by atoms with Crippen LogP contribution in [0.2, 0.25) is 0 Å². The van der Waals surface area contributed by atoms with Gasteiger partial charge in [-0.1, -0.05) is 108 Å². The molecule has 0 bridgehead atoms. The van der Waals surface area contributed by atoms with E-state index < -0.39 is 0 Å². The third kappa shape index (κ3) is 6.59. The Balaban J connectivity index is 0.00000194. The predicted octanol–water partition coefficient (Wildman–Crippen LogP) is 7.47. The zero-order chi connectivity index (χ0) is 24.1. The maximum atomic E-state index is 12.1. The van der Waals surface area contributed by atoms with Gasteiger partial charge in [0.15, 0.2) is 0 Å². The summed E-state index contributed by atoms with van der Waals surface area (Å²) in [5.41, 5.74) is 5.02. The first kappa shape index (κ1) is 27.2. The molecule has 0 amide bonds. The van der Waals surface area contributed by atoms with Crippen molar-refractivity contribution in [1.29, 1.82) is 0 Å². The van der Waals surface area contributed by atoms with Crippen molar-refractivity contribution in [3.63, 3.8) is 0 Å². The molecule has 0 saturated heterocycles. The molecule has 1 aliphatic rings. The van der Waals surface area contributed by atoms with Crippen LogP contribution in [0.25, 0.3) is 5.57 Å². The molecule has 2 aromatic rings. The van der Waals surface area contributed by atoms with Gasteiger partial charge in [-0.25, -0.2) is 0 Å². The Hall–Kier alpha value is -2.81. The van der Waals surface area contributed by atoms with Crippen LogP contribution >= 0.6 is 0 Å². The highest BCUT2D eigenvalue weighted by Gasteiger charge is 2.32. The molecule has 3 rings (SSSR count). The van der Waals surface area contributed by atoms with Gasteiger partial charge in [0.05, 0.1) is 19.1 Å². The summed E-state index contributed by atoms with van der Waals surface area (Å²) in [5, 5.41) is 3.54. The van der Waals surface area contributed by atoms with Gasteiger partial charge in [0.1, 0.15) is 0 Å². The highest BCUT2D eigenvalue weighted by atomic mass is 16.5. The molecular weight excluding hydrogens is 394 g/mol. The predicted molar refractivity (Wildman–Crippen MR) is 139 cm³/mol. The van der Waals surface area contributed by atoms with Crippen LogP contribution in [-0.2, 0) is 9.53 Å². The van der Waals surface area contributed by atoms with Gasteiger partial charge in [-0.15, -0.1) is 0 Å². The first-order valence-corrected chi connectivity index (χ1v) is 11.9. The summed E-state index contributed by atoms with van der Waals surface area (Å²) in [6.07, 6.45) is 4.26. The number of hydrogen-bond acceptors (Lipinski definition) is 3. The van der Waals surface area contributed by atoms with Crippen LogP contribution in [0, 0.1) is 11.8 Å². The number of hydrogen-bond donors (Lipinski definition) is 1. The molecular formula is C29H43NO2. The van der Waals surface area contributed by atoms with E-state index in [9.17, 15) is 4.79 Å². The monoisotopic (exact) mass is 437 g/mol. The van der Waals surface area contributed by atoms with E-state index in [4.69, 9.17) is 4.74 Å². The maximum Gasteiger partial charge on any atom is 0.308 e. The van der Waals surface area contributed by atoms with E-state index in [1.54, 1.807) is 0 Å². The summed E-state index contributed by atoms with van der Waals surface area (Å²) in [4.78, 5) is 12.1. The topological polar surface area (TPSA) is 38.3 Å². The van der Waals surface area contributed by atoms with Gasteiger partial charge in [-0.2, -0.15) is 0 Å². The number of benzene rings is 2. The van der Waals surface area contributed by atoms with Gasteiger partial charge in [0, 0.05) is 7.34 Å². The third-order valence-corrected chi connectivity index (χ3v) is 5.90. The molecule has 3 heteroatoms. The van der Waals surface area contributed by atoms with E-state index in [0.717, 1.165) is 0 Å². The molecule has 176 valence electrons. The van der Waals surface area contributed by atoms with Crippen LogP contribution in [-0.4, -0.2) is 19.1 Å². The Labute approximate surface area is 197 Å². The maximum absolute atomic E-state index is 12.1. The summed E-state index contributed by atoms with van der Waals surface area (Å²) >= 11 is 0. The van der Waals surface area contributed by atoms with Crippen molar-refractivity contribution in [1.82, 2.24) is 5.32 Å². The lowest BCUT2D eigenvalue weighted by molar-refractivity contribution is -0.146. The van der Waals surface area contributed by atoms with Crippen molar-refractivity contribution in [2.45, 2.75) is 60.4 Å². The molecule has 1 N–H and O–H groups in total. The standard InChI is InChI=1S/C25H29NO2.2C2H6.H2/c1-17(18(2)25(27)28-4)24-19(3)23(21-13-9-6-10-14-21)22(15-16-26-24)20-11-7-5-8-12-20;2*1-2;/h5-18,22,24,26H,1-4H3;2*1-2H3;1H. The Morgan fingerprint density at radius 1 is 0.938 bits per heavy atom. The Morgan fingerprint density at radius 2 is 1.47 bits per heavy atom. The molecule has 32 heavy (non-hydrogen) atoms. The second-order valence-corrected chi connectivity index (χ2v) is 7.53. The molecule has 2 aromatic carbocycles. The molecule has 0 aliphatic carbocycles. The minimum atomic E-state index is -0.198. The van der Waals surface area contributed by atoms with Crippen LogP contribution in [0.15, 0.2) is 78.5 Å². The summed E-state index contributed by atoms with van der Waals surface area (Å²) in [7, 11) is 1.45. The van der Waals surface area contributed by atoms with Gasteiger partial charge in [-0.05, 0) is 41.3 Å². The number of methoxy groups -OCH3 is 1. The highest BCUT2D eigenvalue weighted by molar-refractivity contribution is 5.78. The molecule has 4 atom stereocenters. The van der Waals surface area contributed by atoms with E-state index in [2.05, 4.69) is 73.8 Å². The van der Waals surface area contributed by atoms with Crippen molar-refractivity contribution in [3.8, 4) is 0 Å². The quantitative estimate of drug-likeness (QED) is 0.493.